The van der Waals surface area contributed by atoms with E-state index in [1.807, 2.05) is 0 Å². The van der Waals surface area contributed by atoms with Gasteiger partial charge in [0.2, 0.25) is 11.8 Å². The lowest BCUT2D eigenvalue weighted by molar-refractivity contribution is -0.126. The number of morpholine rings is 1. The van der Waals surface area contributed by atoms with E-state index in [0.29, 0.717) is 19.0 Å². The molecule has 2 aliphatic rings. The highest BCUT2D eigenvalue weighted by Gasteiger charge is 2.26. The van der Waals surface area contributed by atoms with E-state index in [1.165, 1.54) is 0 Å². The Labute approximate surface area is 151 Å². The summed E-state index contributed by atoms with van der Waals surface area (Å²) in [7, 11) is 1.68. The van der Waals surface area contributed by atoms with Gasteiger partial charge in [0.25, 0.3) is 0 Å². The number of carbonyl (C=O) groups excluding carboxylic acids is 2. The summed E-state index contributed by atoms with van der Waals surface area (Å²) in [5, 5.41) is 5.71. The largest absolute Gasteiger partial charge is 0.374 e. The standard InChI is InChI=1S/C18H34N4O3/c1-14(2)11-22-8-9-25-16(12-22)10-20-17(23)13-21-6-4-15(5-7-21)18(24)19-3/h14-16H,4-13H2,1-3H3,(H,19,24)(H,20,23). The number of rotatable bonds is 7. The maximum atomic E-state index is 12.2. The molecular formula is C18H34N4O3. The Morgan fingerprint density at radius 2 is 1.88 bits per heavy atom. The number of ether oxygens (including phenoxy) is 1. The van der Waals surface area contributed by atoms with Crippen LogP contribution in [0.25, 0.3) is 0 Å². The van der Waals surface area contributed by atoms with Crippen molar-refractivity contribution in [3.63, 3.8) is 0 Å². The number of hydrogen-bond donors (Lipinski definition) is 2. The second kappa shape index (κ2) is 10.1. The van der Waals surface area contributed by atoms with Crippen LogP contribution in [0.15, 0.2) is 0 Å². The van der Waals surface area contributed by atoms with Gasteiger partial charge in [0.05, 0.1) is 19.3 Å². The molecular weight excluding hydrogens is 320 g/mol. The average molecular weight is 354 g/mol. The van der Waals surface area contributed by atoms with E-state index in [1.54, 1.807) is 7.05 Å². The topological polar surface area (TPSA) is 73.9 Å². The first-order valence-electron chi connectivity index (χ1n) is 9.52. The van der Waals surface area contributed by atoms with E-state index in [4.69, 9.17) is 4.74 Å². The predicted octanol–water partition coefficient (Wildman–Crippen LogP) is -0.0826. The smallest absolute Gasteiger partial charge is 0.234 e. The van der Waals surface area contributed by atoms with Crippen LogP contribution in [0, 0.1) is 11.8 Å². The molecule has 1 unspecified atom stereocenters. The molecule has 0 radical (unpaired) electrons. The third-order valence-corrected chi connectivity index (χ3v) is 4.95. The predicted molar refractivity (Wildman–Crippen MR) is 97.3 cm³/mol. The first-order chi connectivity index (χ1) is 12.0. The van der Waals surface area contributed by atoms with Crippen LogP contribution < -0.4 is 10.6 Å². The molecule has 0 spiro atoms. The summed E-state index contributed by atoms with van der Waals surface area (Å²) >= 11 is 0. The second-order valence-corrected chi connectivity index (χ2v) is 7.61. The number of hydrogen-bond acceptors (Lipinski definition) is 5. The van der Waals surface area contributed by atoms with Crippen molar-refractivity contribution in [2.45, 2.75) is 32.8 Å². The van der Waals surface area contributed by atoms with Gasteiger partial charge in [0, 0.05) is 39.1 Å². The van der Waals surface area contributed by atoms with E-state index < -0.39 is 0 Å². The second-order valence-electron chi connectivity index (χ2n) is 7.61. The Bertz CT molecular complexity index is 436. The van der Waals surface area contributed by atoms with Crippen molar-refractivity contribution in [2.75, 3.05) is 59.5 Å². The summed E-state index contributed by atoms with van der Waals surface area (Å²) < 4.78 is 5.77. The molecule has 0 bridgehead atoms. The third-order valence-electron chi connectivity index (χ3n) is 4.95. The summed E-state index contributed by atoms with van der Waals surface area (Å²) in [4.78, 5) is 28.4. The van der Waals surface area contributed by atoms with E-state index in [-0.39, 0.29) is 23.8 Å². The normalized spacial score (nSPS) is 23.6. The Hall–Kier alpha value is -1.18. The molecule has 2 rings (SSSR count). The first-order valence-corrected chi connectivity index (χ1v) is 9.52. The molecule has 2 N–H and O–H groups in total. The molecule has 1 atom stereocenters. The average Bonchev–Trinajstić information content (AvgIpc) is 2.60. The van der Waals surface area contributed by atoms with Crippen LogP contribution >= 0.6 is 0 Å². The molecule has 25 heavy (non-hydrogen) atoms. The van der Waals surface area contributed by atoms with Gasteiger partial charge in [-0.15, -0.1) is 0 Å². The molecule has 0 aromatic carbocycles. The summed E-state index contributed by atoms with van der Waals surface area (Å²) in [6, 6.07) is 0. The monoisotopic (exact) mass is 354 g/mol. The van der Waals surface area contributed by atoms with Crippen molar-refractivity contribution in [2.24, 2.45) is 11.8 Å². The first kappa shape index (κ1) is 20.1. The van der Waals surface area contributed by atoms with E-state index in [2.05, 4.69) is 34.3 Å². The van der Waals surface area contributed by atoms with Crippen LogP contribution in [-0.2, 0) is 14.3 Å². The quantitative estimate of drug-likeness (QED) is 0.669. The minimum Gasteiger partial charge on any atom is -0.374 e. The number of nitrogens with one attached hydrogen (secondary N) is 2. The summed E-state index contributed by atoms with van der Waals surface area (Å²) in [6.07, 6.45) is 1.72. The van der Waals surface area contributed by atoms with Crippen molar-refractivity contribution >= 4 is 11.8 Å². The van der Waals surface area contributed by atoms with Crippen LogP contribution in [0.5, 0.6) is 0 Å². The van der Waals surface area contributed by atoms with Crippen LogP contribution in [0.2, 0.25) is 0 Å². The minimum absolute atomic E-state index is 0.0444. The minimum atomic E-state index is 0.0444. The zero-order chi connectivity index (χ0) is 18.2. The Balaban J connectivity index is 1.63. The maximum absolute atomic E-state index is 12.2. The lowest BCUT2D eigenvalue weighted by atomic mass is 9.96. The molecule has 0 aromatic rings. The molecule has 2 fully saturated rings. The lowest BCUT2D eigenvalue weighted by Gasteiger charge is -2.34. The molecule has 7 heteroatoms. The highest BCUT2D eigenvalue weighted by atomic mass is 16.5. The number of carbonyl (C=O) groups is 2. The number of nitrogens with zero attached hydrogens (tertiary/aromatic N) is 2. The van der Waals surface area contributed by atoms with Crippen molar-refractivity contribution in [1.29, 1.82) is 0 Å². The lowest BCUT2D eigenvalue weighted by Crippen LogP contribution is -2.50. The molecule has 0 saturated carbocycles. The summed E-state index contributed by atoms with van der Waals surface area (Å²) in [6.45, 7) is 10.7. The van der Waals surface area contributed by atoms with Crippen molar-refractivity contribution in [3.05, 3.63) is 0 Å². The van der Waals surface area contributed by atoms with E-state index in [0.717, 1.165) is 52.2 Å². The third kappa shape index (κ3) is 6.92. The Kier molecular flexibility index (Phi) is 8.12. The van der Waals surface area contributed by atoms with Gasteiger partial charge in [-0.1, -0.05) is 13.8 Å². The van der Waals surface area contributed by atoms with Crippen LogP contribution in [0.3, 0.4) is 0 Å². The van der Waals surface area contributed by atoms with Gasteiger partial charge < -0.3 is 15.4 Å². The van der Waals surface area contributed by atoms with Gasteiger partial charge in [0.1, 0.15) is 0 Å². The van der Waals surface area contributed by atoms with Crippen molar-refractivity contribution in [1.82, 2.24) is 20.4 Å². The Morgan fingerprint density at radius 3 is 2.52 bits per heavy atom. The van der Waals surface area contributed by atoms with Gasteiger partial charge in [-0.05, 0) is 31.8 Å². The number of piperidine rings is 1. The molecule has 7 nitrogen and oxygen atoms in total. The van der Waals surface area contributed by atoms with Gasteiger partial charge in [0.15, 0.2) is 0 Å². The molecule has 0 aliphatic carbocycles. The summed E-state index contributed by atoms with van der Waals surface area (Å²) in [5.74, 6) is 0.894. The zero-order valence-corrected chi connectivity index (χ0v) is 15.9. The molecule has 0 aromatic heterocycles. The molecule has 2 aliphatic heterocycles. The van der Waals surface area contributed by atoms with Crippen molar-refractivity contribution in [3.8, 4) is 0 Å². The fraction of sp³-hybridized carbons (Fsp3) is 0.889. The Morgan fingerprint density at radius 1 is 1.16 bits per heavy atom. The number of likely N-dealkylation sites (tertiary alicyclic amines) is 1. The van der Waals surface area contributed by atoms with Gasteiger partial charge >= 0.3 is 0 Å². The highest BCUT2D eigenvalue weighted by molar-refractivity contribution is 5.79. The molecule has 2 saturated heterocycles. The van der Waals surface area contributed by atoms with Crippen LogP contribution in [0.1, 0.15) is 26.7 Å². The van der Waals surface area contributed by atoms with Crippen molar-refractivity contribution < 1.29 is 14.3 Å². The van der Waals surface area contributed by atoms with Gasteiger partial charge in [-0.2, -0.15) is 0 Å². The molecule has 144 valence electrons. The molecule has 2 amide bonds. The van der Waals surface area contributed by atoms with Gasteiger partial charge in [-0.3, -0.25) is 19.4 Å². The summed E-state index contributed by atoms with van der Waals surface area (Å²) in [5.41, 5.74) is 0. The highest BCUT2D eigenvalue weighted by Crippen LogP contribution is 2.16. The number of amides is 2. The fourth-order valence-corrected chi connectivity index (χ4v) is 3.63. The SMILES string of the molecule is CNC(=O)C1CCN(CC(=O)NCC2CN(CC(C)C)CCO2)CC1. The zero-order valence-electron chi connectivity index (χ0n) is 15.9. The fourth-order valence-electron chi connectivity index (χ4n) is 3.63. The van der Waals surface area contributed by atoms with Gasteiger partial charge in [-0.25, -0.2) is 0 Å². The molecule has 2 heterocycles. The van der Waals surface area contributed by atoms with E-state index >= 15 is 0 Å². The van der Waals surface area contributed by atoms with Crippen LogP contribution in [-0.4, -0.2) is 87.2 Å². The van der Waals surface area contributed by atoms with E-state index in [9.17, 15) is 9.59 Å². The van der Waals surface area contributed by atoms with Crippen LogP contribution in [0.4, 0.5) is 0 Å². The maximum Gasteiger partial charge on any atom is 0.234 e.